The molecule has 0 aromatic heterocycles. The first-order valence-electron chi connectivity index (χ1n) is 8.20. The summed E-state index contributed by atoms with van der Waals surface area (Å²) in [6.45, 7) is 0.686. The van der Waals surface area contributed by atoms with Crippen molar-refractivity contribution in [3.05, 3.63) is 71.8 Å². The Labute approximate surface area is 140 Å². The number of benzene rings is 2. The average Bonchev–Trinajstić information content (AvgIpc) is 3.19. The average molecular weight is 321 g/mol. The van der Waals surface area contributed by atoms with Gasteiger partial charge >= 0.3 is 5.97 Å². The third kappa shape index (κ3) is 2.00. The van der Waals surface area contributed by atoms with E-state index in [0.717, 1.165) is 23.2 Å². The van der Waals surface area contributed by atoms with Gasteiger partial charge in [-0.25, -0.2) is 4.79 Å². The molecule has 2 aromatic carbocycles. The van der Waals surface area contributed by atoms with E-state index in [1.54, 1.807) is 6.08 Å². The molecule has 4 nitrogen and oxygen atoms in total. The van der Waals surface area contributed by atoms with E-state index in [0.29, 0.717) is 18.5 Å². The topological polar surface area (TPSA) is 60.8 Å². The molecular formula is C20H19NO3. The van der Waals surface area contributed by atoms with E-state index in [9.17, 15) is 15.0 Å². The van der Waals surface area contributed by atoms with Gasteiger partial charge in [-0.05, 0) is 47.8 Å². The highest BCUT2D eigenvalue weighted by Gasteiger charge is 2.52. The van der Waals surface area contributed by atoms with E-state index < -0.39 is 17.6 Å². The summed E-state index contributed by atoms with van der Waals surface area (Å²) >= 11 is 0. The molecule has 1 heterocycles. The van der Waals surface area contributed by atoms with E-state index in [1.165, 1.54) is 0 Å². The lowest BCUT2D eigenvalue weighted by atomic mass is 9.83. The molecule has 0 spiro atoms. The smallest absolute Gasteiger partial charge is 0.334 e. The lowest BCUT2D eigenvalue weighted by molar-refractivity contribution is -0.140. The van der Waals surface area contributed by atoms with Crippen LogP contribution < -0.4 is 4.90 Å². The van der Waals surface area contributed by atoms with Crippen molar-refractivity contribution in [2.45, 2.75) is 24.5 Å². The lowest BCUT2D eigenvalue weighted by Crippen LogP contribution is -2.51. The highest BCUT2D eigenvalue weighted by Crippen LogP contribution is 2.48. The van der Waals surface area contributed by atoms with Crippen LogP contribution in [0.5, 0.6) is 0 Å². The summed E-state index contributed by atoms with van der Waals surface area (Å²) in [6, 6.07) is 17.2. The summed E-state index contributed by atoms with van der Waals surface area (Å²) in [5.41, 5.74) is 2.11. The molecule has 1 saturated heterocycles. The predicted molar refractivity (Wildman–Crippen MR) is 92.8 cm³/mol. The first-order chi connectivity index (χ1) is 11.6. The second-order valence-electron chi connectivity index (χ2n) is 6.37. The minimum atomic E-state index is -1.13. The number of carboxylic acids is 1. The third-order valence-electron chi connectivity index (χ3n) is 5.14. The zero-order valence-electron chi connectivity index (χ0n) is 13.2. The fourth-order valence-corrected chi connectivity index (χ4v) is 4.09. The number of nitrogens with zero attached hydrogens (tertiary/aromatic N) is 1. The molecule has 2 atom stereocenters. The number of para-hydroxylation sites is 1. The monoisotopic (exact) mass is 321 g/mol. The number of anilines is 1. The highest BCUT2D eigenvalue weighted by atomic mass is 16.4. The SMILES string of the molecule is O=C(O)[C@@]1(C2=CC(O)c3ccccc32)CCCN1c1ccccc1. The Morgan fingerprint density at radius 3 is 2.54 bits per heavy atom. The first-order valence-corrected chi connectivity index (χ1v) is 8.20. The molecule has 1 aliphatic carbocycles. The van der Waals surface area contributed by atoms with E-state index in [1.807, 2.05) is 59.5 Å². The molecule has 122 valence electrons. The van der Waals surface area contributed by atoms with Gasteiger partial charge in [0.2, 0.25) is 0 Å². The van der Waals surface area contributed by atoms with Gasteiger partial charge in [-0.2, -0.15) is 0 Å². The van der Waals surface area contributed by atoms with Crippen LogP contribution in [0, 0.1) is 0 Å². The summed E-state index contributed by atoms with van der Waals surface area (Å²) in [7, 11) is 0. The Bertz CT molecular complexity index is 815. The summed E-state index contributed by atoms with van der Waals surface area (Å²) in [5, 5.41) is 20.6. The van der Waals surface area contributed by atoms with Gasteiger partial charge in [0.15, 0.2) is 5.54 Å². The summed E-state index contributed by atoms with van der Waals surface area (Å²) in [5.74, 6) is -0.862. The normalized spacial score (nSPS) is 25.5. The maximum Gasteiger partial charge on any atom is 0.334 e. The molecule has 2 aromatic rings. The minimum Gasteiger partial charge on any atom is -0.479 e. The second kappa shape index (κ2) is 5.49. The third-order valence-corrected chi connectivity index (χ3v) is 5.14. The van der Waals surface area contributed by atoms with Crippen LogP contribution in [0.2, 0.25) is 0 Å². The number of carboxylic acid groups (broad SMARTS) is 1. The maximum absolute atomic E-state index is 12.4. The molecule has 2 N–H and O–H groups in total. The van der Waals surface area contributed by atoms with Crippen molar-refractivity contribution in [2.24, 2.45) is 0 Å². The number of carbonyl (C=O) groups is 1. The van der Waals surface area contributed by atoms with Crippen molar-refractivity contribution in [1.29, 1.82) is 0 Å². The fraction of sp³-hybridized carbons (Fsp3) is 0.250. The van der Waals surface area contributed by atoms with Gasteiger partial charge in [0.1, 0.15) is 0 Å². The van der Waals surface area contributed by atoms with Crippen LogP contribution in [0.1, 0.15) is 30.1 Å². The molecule has 0 saturated carbocycles. The van der Waals surface area contributed by atoms with Gasteiger partial charge in [0, 0.05) is 12.2 Å². The molecular weight excluding hydrogens is 302 g/mol. The van der Waals surface area contributed by atoms with Crippen LogP contribution in [-0.4, -0.2) is 28.3 Å². The van der Waals surface area contributed by atoms with Crippen LogP contribution >= 0.6 is 0 Å². The summed E-state index contributed by atoms with van der Waals surface area (Å²) in [6.07, 6.45) is 2.30. The molecule has 1 aliphatic heterocycles. The number of aliphatic carboxylic acids is 1. The van der Waals surface area contributed by atoms with Crippen molar-refractivity contribution >= 4 is 17.2 Å². The van der Waals surface area contributed by atoms with E-state index in [2.05, 4.69) is 0 Å². The van der Waals surface area contributed by atoms with Gasteiger partial charge in [-0.15, -0.1) is 0 Å². The number of fused-ring (bicyclic) bond motifs is 1. The van der Waals surface area contributed by atoms with Crippen LogP contribution in [0.3, 0.4) is 0 Å². The number of hydrogen-bond donors (Lipinski definition) is 2. The van der Waals surface area contributed by atoms with Crippen molar-refractivity contribution < 1.29 is 15.0 Å². The minimum absolute atomic E-state index is 0.532. The Balaban J connectivity index is 1.89. The van der Waals surface area contributed by atoms with Crippen LogP contribution in [-0.2, 0) is 4.79 Å². The number of hydrogen-bond acceptors (Lipinski definition) is 3. The van der Waals surface area contributed by atoms with Gasteiger partial charge in [-0.1, -0.05) is 42.5 Å². The van der Waals surface area contributed by atoms with Crippen molar-refractivity contribution in [3.63, 3.8) is 0 Å². The van der Waals surface area contributed by atoms with Crippen molar-refractivity contribution in [3.8, 4) is 0 Å². The van der Waals surface area contributed by atoms with Gasteiger partial charge in [0.05, 0.1) is 6.10 Å². The molecule has 4 rings (SSSR count). The molecule has 4 heteroatoms. The van der Waals surface area contributed by atoms with E-state index in [4.69, 9.17) is 0 Å². The quantitative estimate of drug-likeness (QED) is 0.911. The number of aliphatic hydroxyl groups excluding tert-OH is 1. The predicted octanol–water partition coefficient (Wildman–Crippen LogP) is 3.24. The molecule has 1 fully saturated rings. The van der Waals surface area contributed by atoms with Gasteiger partial charge in [0.25, 0.3) is 0 Å². The zero-order valence-corrected chi connectivity index (χ0v) is 13.2. The molecule has 2 aliphatic rings. The maximum atomic E-state index is 12.4. The Morgan fingerprint density at radius 1 is 1.08 bits per heavy atom. The van der Waals surface area contributed by atoms with E-state index >= 15 is 0 Å². The van der Waals surface area contributed by atoms with Crippen molar-refractivity contribution in [1.82, 2.24) is 0 Å². The molecule has 0 amide bonds. The number of aliphatic hydroxyl groups is 1. The van der Waals surface area contributed by atoms with Crippen molar-refractivity contribution in [2.75, 3.05) is 11.4 Å². The highest BCUT2D eigenvalue weighted by molar-refractivity contribution is 6.03. The molecule has 0 radical (unpaired) electrons. The second-order valence-corrected chi connectivity index (χ2v) is 6.37. The molecule has 24 heavy (non-hydrogen) atoms. The van der Waals surface area contributed by atoms with Crippen LogP contribution in [0.25, 0.3) is 5.57 Å². The van der Waals surface area contributed by atoms with Gasteiger partial charge < -0.3 is 15.1 Å². The summed E-state index contributed by atoms with van der Waals surface area (Å²) < 4.78 is 0. The fourth-order valence-electron chi connectivity index (χ4n) is 4.09. The Hall–Kier alpha value is -2.59. The first kappa shape index (κ1) is 15.0. The van der Waals surface area contributed by atoms with Gasteiger partial charge in [-0.3, -0.25) is 0 Å². The summed E-state index contributed by atoms with van der Waals surface area (Å²) in [4.78, 5) is 14.4. The number of rotatable bonds is 3. The molecule has 1 unspecified atom stereocenters. The van der Waals surface area contributed by atoms with Crippen LogP contribution in [0.4, 0.5) is 5.69 Å². The molecule has 0 bridgehead atoms. The largest absolute Gasteiger partial charge is 0.479 e. The standard InChI is InChI=1S/C20H19NO3/c22-18-13-17(15-9-4-5-10-16(15)18)20(19(23)24)11-6-12-21(20)14-7-2-1-3-8-14/h1-5,7-10,13,18,22H,6,11-12H2,(H,23,24)/t18?,20-/m0/s1. The Kier molecular flexibility index (Phi) is 3.43. The van der Waals surface area contributed by atoms with E-state index in [-0.39, 0.29) is 0 Å². The van der Waals surface area contributed by atoms with Crippen LogP contribution in [0.15, 0.2) is 60.7 Å². The lowest BCUT2D eigenvalue weighted by Gasteiger charge is -2.38. The zero-order chi connectivity index (χ0) is 16.7. The Morgan fingerprint density at radius 2 is 1.79 bits per heavy atom.